The largest absolute Gasteiger partial charge is 0.378 e. The molecule has 1 rings (SSSR count). The molecule has 3 nitrogen and oxygen atoms in total. The van der Waals surface area contributed by atoms with Gasteiger partial charge in [0.1, 0.15) is 0 Å². The van der Waals surface area contributed by atoms with E-state index in [2.05, 4.69) is 5.48 Å². The minimum atomic E-state index is 0.962. The lowest BCUT2D eigenvalue weighted by Crippen LogP contribution is -2.08. The minimum absolute atomic E-state index is 0.962. The zero-order valence-corrected chi connectivity index (χ0v) is 7.66. The number of anilines is 2. The van der Waals surface area contributed by atoms with E-state index in [-0.39, 0.29) is 0 Å². The lowest BCUT2D eigenvalue weighted by molar-refractivity contribution is 0.271. The Kier molecular flexibility index (Phi) is 2.94. The fraction of sp³-hybridized carbons (Fsp3) is 0.333. The van der Waals surface area contributed by atoms with Crippen molar-refractivity contribution in [2.45, 2.75) is 0 Å². The van der Waals surface area contributed by atoms with Crippen molar-refractivity contribution in [1.82, 2.24) is 0 Å². The van der Waals surface area contributed by atoms with Gasteiger partial charge in [-0.1, -0.05) is 6.07 Å². The molecule has 0 saturated heterocycles. The van der Waals surface area contributed by atoms with Gasteiger partial charge in [-0.15, -0.1) is 0 Å². The fourth-order valence-electron chi connectivity index (χ4n) is 0.965. The molecular formula is C9H14N2O. The minimum Gasteiger partial charge on any atom is -0.378 e. The Morgan fingerprint density at radius 1 is 1.33 bits per heavy atom. The molecule has 0 heterocycles. The van der Waals surface area contributed by atoms with Gasteiger partial charge in [0.05, 0.1) is 12.8 Å². The average Bonchev–Trinajstić information content (AvgIpc) is 2.05. The predicted octanol–water partition coefficient (Wildman–Crippen LogP) is 1.73. The maximum absolute atomic E-state index is 4.79. The SMILES string of the molecule is CONc1cccc(N(C)C)c1. The first-order chi connectivity index (χ1) is 5.74. The first-order valence-electron chi connectivity index (χ1n) is 3.80. The van der Waals surface area contributed by atoms with Crippen LogP contribution in [0.2, 0.25) is 0 Å². The van der Waals surface area contributed by atoms with E-state index in [1.165, 1.54) is 0 Å². The van der Waals surface area contributed by atoms with Crippen LogP contribution in [0.3, 0.4) is 0 Å². The fourth-order valence-corrected chi connectivity index (χ4v) is 0.965. The van der Waals surface area contributed by atoms with E-state index in [4.69, 9.17) is 4.84 Å². The van der Waals surface area contributed by atoms with E-state index in [0.29, 0.717) is 0 Å². The number of nitrogens with zero attached hydrogens (tertiary/aromatic N) is 1. The zero-order valence-electron chi connectivity index (χ0n) is 7.66. The molecule has 66 valence electrons. The van der Waals surface area contributed by atoms with Crippen LogP contribution in [0.5, 0.6) is 0 Å². The van der Waals surface area contributed by atoms with Gasteiger partial charge in [0.2, 0.25) is 0 Å². The molecule has 0 aliphatic heterocycles. The molecule has 0 radical (unpaired) electrons. The van der Waals surface area contributed by atoms with Crippen LogP contribution in [0, 0.1) is 0 Å². The highest BCUT2D eigenvalue weighted by Gasteiger charge is 1.95. The maximum Gasteiger partial charge on any atom is 0.0636 e. The molecule has 12 heavy (non-hydrogen) atoms. The third-order valence-corrected chi connectivity index (χ3v) is 1.58. The van der Waals surface area contributed by atoms with E-state index in [1.54, 1.807) is 7.11 Å². The van der Waals surface area contributed by atoms with Crippen LogP contribution < -0.4 is 10.4 Å². The van der Waals surface area contributed by atoms with E-state index in [1.807, 2.05) is 43.3 Å². The van der Waals surface area contributed by atoms with Crippen molar-refractivity contribution in [2.24, 2.45) is 0 Å². The quantitative estimate of drug-likeness (QED) is 0.692. The average molecular weight is 166 g/mol. The van der Waals surface area contributed by atoms with Crippen LogP contribution in [0.1, 0.15) is 0 Å². The molecule has 1 N–H and O–H groups in total. The van der Waals surface area contributed by atoms with Crippen molar-refractivity contribution in [2.75, 3.05) is 31.6 Å². The van der Waals surface area contributed by atoms with E-state index < -0.39 is 0 Å². The van der Waals surface area contributed by atoms with Crippen LogP contribution in [-0.4, -0.2) is 21.2 Å². The van der Waals surface area contributed by atoms with Gasteiger partial charge in [0, 0.05) is 19.8 Å². The van der Waals surface area contributed by atoms with Gasteiger partial charge in [-0.25, -0.2) is 0 Å². The van der Waals surface area contributed by atoms with Crippen molar-refractivity contribution in [3.05, 3.63) is 24.3 Å². The van der Waals surface area contributed by atoms with Gasteiger partial charge < -0.3 is 4.90 Å². The second-order valence-corrected chi connectivity index (χ2v) is 2.75. The smallest absolute Gasteiger partial charge is 0.0636 e. The monoisotopic (exact) mass is 166 g/mol. The first kappa shape index (κ1) is 8.87. The Bertz CT molecular complexity index is 248. The molecule has 0 spiro atoms. The Hall–Kier alpha value is -1.22. The van der Waals surface area contributed by atoms with E-state index in [9.17, 15) is 0 Å². The summed E-state index contributed by atoms with van der Waals surface area (Å²) in [5.41, 5.74) is 4.89. The number of hydrogen-bond donors (Lipinski definition) is 1. The summed E-state index contributed by atoms with van der Waals surface area (Å²) < 4.78 is 0. The molecule has 0 aliphatic rings. The topological polar surface area (TPSA) is 24.5 Å². The Morgan fingerprint density at radius 3 is 2.67 bits per heavy atom. The molecular weight excluding hydrogens is 152 g/mol. The van der Waals surface area contributed by atoms with Crippen LogP contribution in [0.4, 0.5) is 11.4 Å². The molecule has 0 unspecified atom stereocenters. The van der Waals surface area contributed by atoms with Crippen LogP contribution in [-0.2, 0) is 4.84 Å². The molecule has 0 saturated carbocycles. The van der Waals surface area contributed by atoms with Gasteiger partial charge in [0.15, 0.2) is 0 Å². The number of rotatable bonds is 3. The highest BCUT2D eigenvalue weighted by molar-refractivity contribution is 5.56. The van der Waals surface area contributed by atoms with Gasteiger partial charge in [-0.3, -0.25) is 10.3 Å². The highest BCUT2D eigenvalue weighted by Crippen LogP contribution is 2.16. The second kappa shape index (κ2) is 3.97. The van der Waals surface area contributed by atoms with Crippen molar-refractivity contribution < 1.29 is 4.84 Å². The summed E-state index contributed by atoms with van der Waals surface area (Å²) in [5.74, 6) is 0. The zero-order chi connectivity index (χ0) is 8.97. The molecule has 0 fully saturated rings. The molecule has 1 aromatic rings. The molecule has 0 aromatic heterocycles. The van der Waals surface area contributed by atoms with Crippen molar-refractivity contribution in [3.8, 4) is 0 Å². The summed E-state index contributed by atoms with van der Waals surface area (Å²) in [6.07, 6.45) is 0. The number of benzene rings is 1. The van der Waals surface area contributed by atoms with Crippen LogP contribution in [0.15, 0.2) is 24.3 Å². The summed E-state index contributed by atoms with van der Waals surface area (Å²) in [7, 11) is 5.61. The standard InChI is InChI=1S/C9H14N2O/c1-11(2)9-6-4-5-8(7-9)10-12-3/h4-7,10H,1-3H3. The lowest BCUT2D eigenvalue weighted by atomic mass is 10.3. The summed E-state index contributed by atoms with van der Waals surface area (Å²) in [4.78, 5) is 6.84. The predicted molar refractivity (Wildman–Crippen MR) is 51.4 cm³/mol. The number of hydrogen-bond acceptors (Lipinski definition) is 3. The van der Waals surface area contributed by atoms with Gasteiger partial charge >= 0.3 is 0 Å². The van der Waals surface area contributed by atoms with Crippen molar-refractivity contribution in [1.29, 1.82) is 0 Å². The third-order valence-electron chi connectivity index (χ3n) is 1.58. The molecule has 0 bridgehead atoms. The van der Waals surface area contributed by atoms with Gasteiger partial charge in [-0.05, 0) is 18.2 Å². The third kappa shape index (κ3) is 2.13. The summed E-state index contributed by atoms with van der Waals surface area (Å²) in [6, 6.07) is 8.00. The molecule has 0 atom stereocenters. The maximum atomic E-state index is 4.79. The molecule has 0 amide bonds. The van der Waals surface area contributed by atoms with Crippen molar-refractivity contribution in [3.63, 3.8) is 0 Å². The Morgan fingerprint density at radius 2 is 2.08 bits per heavy atom. The molecule has 0 aliphatic carbocycles. The van der Waals surface area contributed by atoms with Crippen LogP contribution >= 0.6 is 0 Å². The Labute approximate surface area is 72.9 Å². The van der Waals surface area contributed by atoms with Gasteiger partial charge in [0.25, 0.3) is 0 Å². The first-order valence-corrected chi connectivity index (χ1v) is 3.80. The summed E-state index contributed by atoms with van der Waals surface area (Å²) >= 11 is 0. The molecule has 1 aromatic carbocycles. The Balaban J connectivity index is 2.81. The van der Waals surface area contributed by atoms with Crippen molar-refractivity contribution >= 4 is 11.4 Å². The van der Waals surface area contributed by atoms with Crippen LogP contribution in [0.25, 0.3) is 0 Å². The summed E-state index contributed by atoms with van der Waals surface area (Å²) in [5, 5.41) is 0. The number of nitrogens with one attached hydrogen (secondary N) is 1. The molecule has 3 heteroatoms. The van der Waals surface area contributed by atoms with E-state index in [0.717, 1.165) is 11.4 Å². The highest BCUT2D eigenvalue weighted by atomic mass is 16.6. The summed E-state index contributed by atoms with van der Waals surface area (Å²) in [6.45, 7) is 0. The second-order valence-electron chi connectivity index (χ2n) is 2.75. The lowest BCUT2D eigenvalue weighted by Gasteiger charge is -2.13. The van der Waals surface area contributed by atoms with Gasteiger partial charge in [-0.2, -0.15) is 0 Å². The van der Waals surface area contributed by atoms with E-state index >= 15 is 0 Å². The normalized spacial score (nSPS) is 9.58.